The predicted molar refractivity (Wildman–Crippen MR) is 114 cm³/mol. The number of likely N-dealkylation sites (tertiary alicyclic amines) is 1. The molecular weight excluding hydrogens is 400 g/mol. The third kappa shape index (κ3) is 6.30. The standard InChI is InChI=1S/C20H27F2N3OS2/c21-19(22)28-17-8-6-15(7-9-17)23-20(27)24-16-10-12-25(13-11-16)18(26)14-4-2-1-3-5-14/h6-9,14,16,19H,1-5,10-13H2,(H2,23,24,27). The number of anilines is 1. The van der Waals surface area contributed by atoms with Crippen molar-refractivity contribution in [3.8, 4) is 0 Å². The summed E-state index contributed by atoms with van der Waals surface area (Å²) in [5.74, 6) is -1.86. The number of alkyl halides is 2. The number of thioether (sulfide) groups is 1. The second kappa shape index (κ2) is 10.4. The first kappa shape index (κ1) is 21.3. The van der Waals surface area contributed by atoms with Crippen LogP contribution >= 0.6 is 24.0 Å². The molecule has 1 aromatic carbocycles. The molecule has 0 unspecified atom stereocenters. The van der Waals surface area contributed by atoms with Crippen LogP contribution in [0.5, 0.6) is 0 Å². The van der Waals surface area contributed by atoms with Gasteiger partial charge in [0.25, 0.3) is 5.76 Å². The molecule has 0 bridgehead atoms. The van der Waals surface area contributed by atoms with Crippen molar-refractivity contribution in [2.24, 2.45) is 5.92 Å². The number of carbonyl (C=O) groups is 1. The number of rotatable bonds is 5. The highest BCUT2D eigenvalue weighted by Gasteiger charge is 2.29. The van der Waals surface area contributed by atoms with Gasteiger partial charge in [-0.2, -0.15) is 8.78 Å². The van der Waals surface area contributed by atoms with Crippen molar-refractivity contribution in [1.29, 1.82) is 0 Å². The predicted octanol–water partition coefficient (Wildman–Crippen LogP) is 4.86. The van der Waals surface area contributed by atoms with Gasteiger partial charge in [-0.25, -0.2) is 0 Å². The molecule has 3 rings (SSSR count). The number of nitrogens with zero attached hydrogens (tertiary/aromatic N) is 1. The van der Waals surface area contributed by atoms with Gasteiger partial charge in [-0.05, 0) is 62.2 Å². The maximum Gasteiger partial charge on any atom is 0.288 e. The molecular formula is C20H27F2N3OS2. The van der Waals surface area contributed by atoms with E-state index in [9.17, 15) is 13.6 Å². The van der Waals surface area contributed by atoms with E-state index in [2.05, 4.69) is 10.6 Å². The monoisotopic (exact) mass is 427 g/mol. The third-order valence-electron chi connectivity index (χ3n) is 5.43. The molecule has 0 aromatic heterocycles. The van der Waals surface area contributed by atoms with Gasteiger partial charge in [0, 0.05) is 35.6 Å². The van der Waals surface area contributed by atoms with Crippen LogP contribution < -0.4 is 10.6 Å². The second-order valence-corrected chi connectivity index (χ2v) is 8.91. The van der Waals surface area contributed by atoms with Gasteiger partial charge in [-0.15, -0.1) is 0 Å². The minimum absolute atomic E-state index is 0.229. The summed E-state index contributed by atoms with van der Waals surface area (Å²) in [7, 11) is 0. The minimum Gasteiger partial charge on any atom is -0.360 e. The smallest absolute Gasteiger partial charge is 0.288 e. The molecule has 28 heavy (non-hydrogen) atoms. The maximum atomic E-state index is 12.6. The fourth-order valence-electron chi connectivity index (χ4n) is 3.92. The number of hydrogen-bond acceptors (Lipinski definition) is 3. The second-order valence-electron chi connectivity index (χ2n) is 7.44. The molecule has 1 aliphatic carbocycles. The molecule has 4 nitrogen and oxygen atoms in total. The number of amides is 1. The number of thiocarbonyl (C=S) groups is 1. The summed E-state index contributed by atoms with van der Waals surface area (Å²) in [5, 5.41) is 6.93. The molecule has 1 heterocycles. The zero-order valence-electron chi connectivity index (χ0n) is 15.8. The zero-order valence-corrected chi connectivity index (χ0v) is 17.5. The highest BCUT2D eigenvalue weighted by molar-refractivity contribution is 7.99. The van der Waals surface area contributed by atoms with E-state index >= 15 is 0 Å². The van der Waals surface area contributed by atoms with Crippen LogP contribution in [-0.4, -0.2) is 40.8 Å². The van der Waals surface area contributed by atoms with Gasteiger partial charge >= 0.3 is 0 Å². The van der Waals surface area contributed by atoms with Crippen molar-refractivity contribution in [2.75, 3.05) is 18.4 Å². The first-order valence-electron chi connectivity index (χ1n) is 9.92. The van der Waals surface area contributed by atoms with Gasteiger partial charge in [0.2, 0.25) is 5.91 Å². The molecule has 2 fully saturated rings. The van der Waals surface area contributed by atoms with Gasteiger partial charge in [0.1, 0.15) is 0 Å². The number of nitrogens with one attached hydrogen (secondary N) is 2. The van der Waals surface area contributed by atoms with Crippen molar-refractivity contribution in [2.45, 2.75) is 61.6 Å². The van der Waals surface area contributed by atoms with E-state index in [1.54, 1.807) is 24.3 Å². The van der Waals surface area contributed by atoms with Crippen molar-refractivity contribution >= 4 is 40.7 Å². The Hall–Kier alpha value is -1.41. The van der Waals surface area contributed by atoms with E-state index in [1.165, 1.54) is 19.3 Å². The lowest BCUT2D eigenvalue weighted by Gasteiger charge is -2.35. The van der Waals surface area contributed by atoms with Crippen LogP contribution in [0.4, 0.5) is 14.5 Å². The van der Waals surface area contributed by atoms with Crippen molar-refractivity contribution < 1.29 is 13.6 Å². The molecule has 0 atom stereocenters. The molecule has 1 amide bonds. The molecule has 2 N–H and O–H groups in total. The number of piperidine rings is 1. The molecule has 0 spiro atoms. The fraction of sp³-hybridized carbons (Fsp3) is 0.600. The van der Waals surface area contributed by atoms with E-state index in [4.69, 9.17) is 12.2 Å². The SMILES string of the molecule is O=C(C1CCCCC1)N1CCC(NC(=S)Nc2ccc(SC(F)F)cc2)CC1. The number of benzene rings is 1. The lowest BCUT2D eigenvalue weighted by Crippen LogP contribution is -2.49. The van der Waals surface area contributed by atoms with E-state index in [0.717, 1.165) is 44.5 Å². The summed E-state index contributed by atoms with van der Waals surface area (Å²) in [4.78, 5) is 15.2. The fourth-order valence-corrected chi connectivity index (χ4v) is 4.71. The molecule has 0 radical (unpaired) electrons. The Bertz CT molecular complexity index is 658. The van der Waals surface area contributed by atoms with Crippen LogP contribution in [0, 0.1) is 5.92 Å². The topological polar surface area (TPSA) is 44.4 Å². The van der Waals surface area contributed by atoms with E-state index in [-0.39, 0.29) is 12.0 Å². The Labute approximate surface area is 174 Å². The van der Waals surface area contributed by atoms with Gasteiger partial charge in [0.05, 0.1) is 0 Å². The van der Waals surface area contributed by atoms with Crippen LogP contribution in [-0.2, 0) is 4.79 Å². The quantitative estimate of drug-likeness (QED) is 0.519. The van der Waals surface area contributed by atoms with Gasteiger partial charge < -0.3 is 15.5 Å². The zero-order chi connectivity index (χ0) is 19.9. The normalized spacial score (nSPS) is 18.9. The molecule has 1 aromatic rings. The van der Waals surface area contributed by atoms with Crippen LogP contribution in [0.15, 0.2) is 29.2 Å². The van der Waals surface area contributed by atoms with Crippen molar-refractivity contribution in [3.63, 3.8) is 0 Å². The van der Waals surface area contributed by atoms with Crippen LogP contribution in [0.3, 0.4) is 0 Å². The molecule has 1 aliphatic heterocycles. The van der Waals surface area contributed by atoms with E-state index in [0.29, 0.717) is 27.7 Å². The Morgan fingerprint density at radius 2 is 1.71 bits per heavy atom. The van der Waals surface area contributed by atoms with Gasteiger partial charge in [0.15, 0.2) is 5.11 Å². The van der Waals surface area contributed by atoms with Crippen molar-refractivity contribution in [1.82, 2.24) is 10.2 Å². The molecule has 1 saturated carbocycles. The molecule has 154 valence electrons. The lowest BCUT2D eigenvalue weighted by atomic mass is 9.87. The van der Waals surface area contributed by atoms with Crippen LogP contribution in [0.2, 0.25) is 0 Å². The average molecular weight is 428 g/mol. The number of carbonyl (C=O) groups excluding carboxylic acids is 1. The first-order chi connectivity index (χ1) is 13.5. The van der Waals surface area contributed by atoms with Crippen molar-refractivity contribution in [3.05, 3.63) is 24.3 Å². The summed E-state index contributed by atoms with van der Waals surface area (Å²) >= 11 is 5.90. The summed E-state index contributed by atoms with van der Waals surface area (Å²) in [6.07, 6.45) is 7.45. The highest BCUT2D eigenvalue weighted by Crippen LogP contribution is 2.27. The Kier molecular flexibility index (Phi) is 7.91. The number of halogens is 2. The van der Waals surface area contributed by atoms with Gasteiger partial charge in [-0.1, -0.05) is 31.0 Å². The molecule has 8 heteroatoms. The summed E-state index contributed by atoms with van der Waals surface area (Å²) in [5.41, 5.74) is 0.765. The third-order valence-corrected chi connectivity index (χ3v) is 6.38. The Morgan fingerprint density at radius 1 is 1.07 bits per heavy atom. The summed E-state index contributed by atoms with van der Waals surface area (Å²) < 4.78 is 24.7. The minimum atomic E-state index is -2.42. The Balaban J connectivity index is 1.40. The first-order valence-corrected chi connectivity index (χ1v) is 11.2. The summed E-state index contributed by atoms with van der Waals surface area (Å²) in [6, 6.07) is 7.02. The molecule has 1 saturated heterocycles. The van der Waals surface area contributed by atoms with E-state index in [1.807, 2.05) is 4.90 Å². The van der Waals surface area contributed by atoms with Crippen LogP contribution in [0.25, 0.3) is 0 Å². The average Bonchev–Trinajstić information content (AvgIpc) is 2.70. The molecule has 2 aliphatic rings. The highest BCUT2D eigenvalue weighted by atomic mass is 32.2. The maximum absolute atomic E-state index is 12.6. The van der Waals surface area contributed by atoms with Crippen LogP contribution in [0.1, 0.15) is 44.9 Å². The number of hydrogen-bond donors (Lipinski definition) is 2. The van der Waals surface area contributed by atoms with Gasteiger partial charge in [-0.3, -0.25) is 4.79 Å². The Morgan fingerprint density at radius 3 is 2.32 bits per heavy atom. The van der Waals surface area contributed by atoms with E-state index < -0.39 is 5.76 Å². The lowest BCUT2D eigenvalue weighted by molar-refractivity contribution is -0.137. The largest absolute Gasteiger partial charge is 0.360 e. The summed E-state index contributed by atoms with van der Waals surface area (Å²) in [6.45, 7) is 1.55.